The van der Waals surface area contributed by atoms with E-state index in [9.17, 15) is 13.2 Å². The van der Waals surface area contributed by atoms with Crippen molar-refractivity contribution in [2.45, 2.75) is 32.2 Å². The molecule has 0 aliphatic heterocycles. The number of carbonyl (C=O) groups excluding carboxylic acids is 1. The maximum absolute atomic E-state index is 12.7. The van der Waals surface area contributed by atoms with Crippen molar-refractivity contribution in [1.82, 2.24) is 5.32 Å². The summed E-state index contributed by atoms with van der Waals surface area (Å²) in [7, 11) is -3.75. The Bertz CT molecular complexity index is 1160. The first-order valence-electron chi connectivity index (χ1n) is 9.99. The molecule has 0 atom stereocenters. The van der Waals surface area contributed by atoms with Crippen molar-refractivity contribution in [3.63, 3.8) is 0 Å². The van der Waals surface area contributed by atoms with Crippen LogP contribution in [-0.4, -0.2) is 20.9 Å². The van der Waals surface area contributed by atoms with Gasteiger partial charge in [-0.3, -0.25) is 9.52 Å². The number of benzene rings is 3. The van der Waals surface area contributed by atoms with Crippen molar-refractivity contribution in [1.29, 1.82) is 0 Å². The minimum absolute atomic E-state index is 0.169. The maximum atomic E-state index is 12.7. The van der Waals surface area contributed by atoms with Crippen LogP contribution in [-0.2, 0) is 16.6 Å². The van der Waals surface area contributed by atoms with Gasteiger partial charge in [-0.15, -0.1) is 0 Å². The average Bonchev–Trinajstić information content (AvgIpc) is 2.75. The molecule has 0 aliphatic rings. The molecule has 0 spiro atoms. The van der Waals surface area contributed by atoms with Gasteiger partial charge in [-0.05, 0) is 68.3 Å². The van der Waals surface area contributed by atoms with Crippen molar-refractivity contribution in [2.75, 3.05) is 11.3 Å². The molecular weight excluding hydrogens is 412 g/mol. The molecule has 6 nitrogen and oxygen atoms in total. The van der Waals surface area contributed by atoms with Crippen LogP contribution in [0.25, 0.3) is 0 Å². The molecule has 0 aromatic heterocycles. The average molecular weight is 439 g/mol. The summed E-state index contributed by atoms with van der Waals surface area (Å²) < 4.78 is 33.4. The highest BCUT2D eigenvalue weighted by atomic mass is 32.2. The number of rotatable bonds is 8. The third kappa shape index (κ3) is 5.64. The van der Waals surface area contributed by atoms with Crippen LogP contribution in [0, 0.1) is 13.8 Å². The molecule has 1 amide bonds. The SMILES string of the molecule is CCOc1ccc(CNC(=O)c2cccc(NS(=O)(=O)c3ccc(C)cc3)c2C)cc1. The molecule has 0 saturated heterocycles. The van der Waals surface area contributed by atoms with Gasteiger partial charge in [0.05, 0.1) is 17.2 Å². The molecule has 7 heteroatoms. The quantitative estimate of drug-likeness (QED) is 0.545. The Morgan fingerprint density at radius 3 is 2.26 bits per heavy atom. The molecule has 31 heavy (non-hydrogen) atoms. The van der Waals surface area contributed by atoms with Crippen LogP contribution in [0.15, 0.2) is 71.6 Å². The lowest BCUT2D eigenvalue weighted by Gasteiger charge is -2.14. The van der Waals surface area contributed by atoms with Crippen molar-refractivity contribution in [2.24, 2.45) is 0 Å². The number of aryl methyl sites for hydroxylation is 1. The van der Waals surface area contributed by atoms with Crippen molar-refractivity contribution in [3.05, 3.63) is 89.0 Å². The topological polar surface area (TPSA) is 84.5 Å². The smallest absolute Gasteiger partial charge is 0.261 e. The second-order valence-electron chi connectivity index (χ2n) is 7.16. The van der Waals surface area contributed by atoms with Crippen LogP contribution in [0.4, 0.5) is 5.69 Å². The third-order valence-electron chi connectivity index (χ3n) is 4.84. The highest BCUT2D eigenvalue weighted by Crippen LogP contribution is 2.23. The first kappa shape index (κ1) is 22.4. The summed E-state index contributed by atoms with van der Waals surface area (Å²) in [4.78, 5) is 12.9. The lowest BCUT2D eigenvalue weighted by molar-refractivity contribution is 0.0950. The lowest BCUT2D eigenvalue weighted by Crippen LogP contribution is -2.24. The van der Waals surface area contributed by atoms with Gasteiger partial charge in [-0.1, -0.05) is 35.9 Å². The largest absolute Gasteiger partial charge is 0.494 e. The molecule has 0 heterocycles. The summed E-state index contributed by atoms with van der Waals surface area (Å²) in [6.07, 6.45) is 0. The number of amides is 1. The summed E-state index contributed by atoms with van der Waals surface area (Å²) in [6, 6.07) is 19.1. The van der Waals surface area contributed by atoms with Crippen molar-refractivity contribution >= 4 is 21.6 Å². The summed E-state index contributed by atoms with van der Waals surface area (Å²) in [5.41, 5.74) is 3.25. The van der Waals surface area contributed by atoms with E-state index in [1.165, 1.54) is 0 Å². The Labute approximate surface area is 183 Å². The van der Waals surface area contributed by atoms with E-state index in [0.717, 1.165) is 16.9 Å². The Morgan fingerprint density at radius 2 is 1.61 bits per heavy atom. The number of anilines is 1. The van der Waals surface area contributed by atoms with E-state index in [4.69, 9.17) is 4.74 Å². The van der Waals surface area contributed by atoms with Gasteiger partial charge in [0.2, 0.25) is 0 Å². The molecule has 0 aliphatic carbocycles. The van der Waals surface area contributed by atoms with E-state index in [0.29, 0.717) is 30.0 Å². The molecule has 0 unspecified atom stereocenters. The number of nitrogens with one attached hydrogen (secondary N) is 2. The van der Waals surface area contributed by atoms with Crippen LogP contribution in [0.1, 0.15) is 34.0 Å². The van der Waals surface area contributed by atoms with Crippen LogP contribution >= 0.6 is 0 Å². The van der Waals surface area contributed by atoms with Crippen LogP contribution < -0.4 is 14.8 Å². The zero-order valence-corrected chi connectivity index (χ0v) is 18.6. The molecule has 0 saturated carbocycles. The van der Waals surface area contributed by atoms with Gasteiger partial charge in [0, 0.05) is 12.1 Å². The predicted molar refractivity (Wildman–Crippen MR) is 122 cm³/mol. The van der Waals surface area contributed by atoms with Crippen LogP contribution in [0.3, 0.4) is 0 Å². The Morgan fingerprint density at radius 1 is 0.935 bits per heavy atom. The van der Waals surface area contributed by atoms with Gasteiger partial charge < -0.3 is 10.1 Å². The van der Waals surface area contributed by atoms with Gasteiger partial charge in [-0.2, -0.15) is 0 Å². The van der Waals surface area contributed by atoms with Gasteiger partial charge in [0.1, 0.15) is 5.75 Å². The van der Waals surface area contributed by atoms with Gasteiger partial charge in [0.15, 0.2) is 0 Å². The van der Waals surface area contributed by atoms with Crippen molar-refractivity contribution < 1.29 is 17.9 Å². The molecule has 3 rings (SSSR count). The number of hydrogen-bond acceptors (Lipinski definition) is 4. The van der Waals surface area contributed by atoms with Gasteiger partial charge in [-0.25, -0.2) is 8.42 Å². The molecule has 2 N–H and O–H groups in total. The molecule has 0 radical (unpaired) electrons. The van der Waals surface area contributed by atoms with Gasteiger partial charge in [0.25, 0.3) is 15.9 Å². The zero-order valence-electron chi connectivity index (χ0n) is 17.8. The molecule has 0 fully saturated rings. The number of carbonyl (C=O) groups is 1. The van der Waals surface area contributed by atoms with E-state index in [1.54, 1.807) is 49.4 Å². The highest BCUT2D eigenvalue weighted by molar-refractivity contribution is 7.92. The number of hydrogen-bond donors (Lipinski definition) is 2. The Balaban J connectivity index is 1.72. The Hall–Kier alpha value is -3.32. The van der Waals surface area contributed by atoms with E-state index >= 15 is 0 Å². The predicted octanol–water partition coefficient (Wildman–Crippen LogP) is 4.43. The van der Waals surface area contributed by atoms with E-state index in [-0.39, 0.29) is 10.8 Å². The second kappa shape index (κ2) is 9.66. The summed E-state index contributed by atoms with van der Waals surface area (Å²) in [5.74, 6) is 0.504. The first-order chi connectivity index (χ1) is 14.8. The maximum Gasteiger partial charge on any atom is 0.261 e. The standard InChI is InChI=1S/C24H26N2O4S/c1-4-30-20-12-10-19(11-13-20)16-25-24(27)22-6-5-7-23(18(22)3)26-31(28,29)21-14-8-17(2)9-15-21/h5-15,26H,4,16H2,1-3H3,(H,25,27). The van der Waals surface area contributed by atoms with Crippen LogP contribution in [0.2, 0.25) is 0 Å². The van der Waals surface area contributed by atoms with E-state index in [2.05, 4.69) is 10.0 Å². The molecular formula is C24H26N2O4S. The second-order valence-corrected chi connectivity index (χ2v) is 8.84. The van der Waals surface area contributed by atoms with Crippen molar-refractivity contribution in [3.8, 4) is 5.75 Å². The monoisotopic (exact) mass is 438 g/mol. The fraction of sp³-hybridized carbons (Fsp3) is 0.208. The first-order valence-corrected chi connectivity index (χ1v) is 11.5. The number of sulfonamides is 1. The number of ether oxygens (including phenoxy) is 1. The van der Waals surface area contributed by atoms with Gasteiger partial charge >= 0.3 is 0 Å². The molecule has 0 bridgehead atoms. The molecule has 3 aromatic carbocycles. The summed E-state index contributed by atoms with van der Waals surface area (Å²) in [5, 5.41) is 2.88. The fourth-order valence-electron chi connectivity index (χ4n) is 3.06. The highest BCUT2D eigenvalue weighted by Gasteiger charge is 2.18. The Kier molecular flexibility index (Phi) is 6.97. The minimum Gasteiger partial charge on any atom is -0.494 e. The van der Waals surface area contributed by atoms with E-state index < -0.39 is 10.0 Å². The lowest BCUT2D eigenvalue weighted by atomic mass is 10.1. The summed E-state index contributed by atoms with van der Waals surface area (Å²) >= 11 is 0. The summed E-state index contributed by atoms with van der Waals surface area (Å²) in [6.45, 7) is 6.48. The normalized spacial score (nSPS) is 11.1. The third-order valence-corrected chi connectivity index (χ3v) is 6.22. The minimum atomic E-state index is -3.75. The molecule has 162 valence electrons. The fourth-order valence-corrected chi connectivity index (χ4v) is 4.18. The zero-order chi connectivity index (χ0) is 22.4. The molecule has 3 aromatic rings. The van der Waals surface area contributed by atoms with Crippen LogP contribution in [0.5, 0.6) is 5.75 Å². The van der Waals surface area contributed by atoms with E-state index in [1.807, 2.05) is 38.1 Å².